The molecule has 2 atom stereocenters. The van der Waals surface area contributed by atoms with Gasteiger partial charge in [-0.3, -0.25) is 0 Å². The molecule has 5 nitrogen and oxygen atoms in total. The summed E-state index contributed by atoms with van der Waals surface area (Å²) in [6.07, 6.45) is 4.10. The Hall–Kier alpha value is -2.24. The lowest BCUT2D eigenvalue weighted by molar-refractivity contribution is 0.140. The molecule has 5 heteroatoms. The van der Waals surface area contributed by atoms with E-state index < -0.39 is 0 Å². The molecule has 4 rings (SSSR count). The van der Waals surface area contributed by atoms with Gasteiger partial charge in [0.05, 0.1) is 18.3 Å². The fraction of sp³-hybridized carbons (Fsp3) is 0.368. The molecule has 2 aromatic heterocycles. The van der Waals surface area contributed by atoms with E-state index in [0.29, 0.717) is 19.0 Å². The molecule has 0 unspecified atom stereocenters. The highest BCUT2D eigenvalue weighted by molar-refractivity contribution is 5.75. The van der Waals surface area contributed by atoms with E-state index >= 15 is 0 Å². The summed E-state index contributed by atoms with van der Waals surface area (Å²) in [6, 6.07) is 10.6. The molecule has 2 N–H and O–H groups in total. The zero-order chi connectivity index (χ0) is 16.7. The van der Waals surface area contributed by atoms with E-state index in [1.807, 2.05) is 29.2 Å². The molecule has 0 radical (unpaired) electrons. The molecule has 24 heavy (non-hydrogen) atoms. The summed E-state index contributed by atoms with van der Waals surface area (Å²) in [4.78, 5) is 4.57. The van der Waals surface area contributed by atoms with E-state index in [9.17, 15) is 5.11 Å². The fourth-order valence-electron chi connectivity index (χ4n) is 3.51. The van der Waals surface area contributed by atoms with E-state index in [2.05, 4.69) is 47.4 Å². The van der Waals surface area contributed by atoms with Gasteiger partial charge in [-0.2, -0.15) is 5.10 Å². The molecule has 0 amide bonds. The van der Waals surface area contributed by atoms with Gasteiger partial charge >= 0.3 is 0 Å². The number of aliphatic hydroxyl groups excluding tert-OH is 1. The summed E-state index contributed by atoms with van der Waals surface area (Å²) in [5.74, 6) is 0. The molecule has 1 aliphatic carbocycles. The molecule has 0 spiro atoms. The Morgan fingerprint density at radius 2 is 2.12 bits per heavy atom. The molecule has 124 valence electrons. The Morgan fingerprint density at radius 3 is 2.96 bits per heavy atom. The molecule has 0 aliphatic heterocycles. The Bertz CT molecular complexity index is 871. The summed E-state index contributed by atoms with van der Waals surface area (Å²) in [7, 11) is 0. The minimum Gasteiger partial charge on any atom is -0.391 e. The summed E-state index contributed by atoms with van der Waals surface area (Å²) in [6.45, 7) is 4.87. The summed E-state index contributed by atoms with van der Waals surface area (Å²) >= 11 is 0. The molecule has 2 heterocycles. The number of hydrogen-bond donors (Lipinski definition) is 2. The summed E-state index contributed by atoms with van der Waals surface area (Å²) < 4.78 is 1.93. The van der Waals surface area contributed by atoms with Crippen molar-refractivity contribution in [3.63, 3.8) is 0 Å². The van der Waals surface area contributed by atoms with Crippen molar-refractivity contribution in [2.75, 3.05) is 0 Å². The monoisotopic (exact) mass is 322 g/mol. The van der Waals surface area contributed by atoms with Crippen LogP contribution in [0.2, 0.25) is 0 Å². The molecule has 0 fully saturated rings. The molecular weight excluding hydrogens is 300 g/mol. The first-order valence-corrected chi connectivity index (χ1v) is 8.45. The second kappa shape index (κ2) is 6.00. The first kappa shape index (κ1) is 15.3. The minimum absolute atomic E-state index is 0.0183. The van der Waals surface area contributed by atoms with Crippen molar-refractivity contribution in [2.45, 2.75) is 45.0 Å². The molecule has 0 saturated carbocycles. The molecule has 0 saturated heterocycles. The lowest BCUT2D eigenvalue weighted by atomic mass is 10.1. The van der Waals surface area contributed by atoms with E-state index in [1.165, 1.54) is 11.1 Å². The van der Waals surface area contributed by atoms with Crippen molar-refractivity contribution in [1.29, 1.82) is 0 Å². The summed E-state index contributed by atoms with van der Waals surface area (Å²) in [5.41, 5.74) is 4.45. The van der Waals surface area contributed by atoms with Crippen LogP contribution >= 0.6 is 0 Å². The first-order chi connectivity index (χ1) is 11.6. The standard InChI is InChI=1S/C19H22N4O/c1-12(2)23-19-15(11-22-23)7-13(10-21-19)9-20-18-16-6-4-3-5-14(16)8-17(18)24/h3-7,10-12,17-18,20,24H,8-9H2,1-2H3/t17-,18+/m0/s1. The van der Waals surface area contributed by atoms with E-state index in [0.717, 1.165) is 16.6 Å². The van der Waals surface area contributed by atoms with E-state index in [1.54, 1.807) is 0 Å². The van der Waals surface area contributed by atoms with Crippen molar-refractivity contribution >= 4 is 11.0 Å². The van der Waals surface area contributed by atoms with Gasteiger partial charge in [-0.15, -0.1) is 0 Å². The lowest BCUT2D eigenvalue weighted by Gasteiger charge is -2.18. The van der Waals surface area contributed by atoms with Crippen molar-refractivity contribution in [1.82, 2.24) is 20.1 Å². The Balaban J connectivity index is 1.53. The lowest BCUT2D eigenvalue weighted by Crippen LogP contribution is -2.28. The van der Waals surface area contributed by atoms with Crippen molar-refractivity contribution in [3.8, 4) is 0 Å². The Kier molecular flexibility index (Phi) is 3.82. The van der Waals surface area contributed by atoms with Crippen LogP contribution in [-0.2, 0) is 13.0 Å². The molecule has 1 aliphatic rings. The second-order valence-corrected chi connectivity index (χ2v) is 6.77. The largest absolute Gasteiger partial charge is 0.391 e. The van der Waals surface area contributed by atoms with Crippen LogP contribution < -0.4 is 5.32 Å². The highest BCUT2D eigenvalue weighted by Gasteiger charge is 2.30. The molecule has 0 bridgehead atoms. The van der Waals surface area contributed by atoms with Gasteiger partial charge in [-0.25, -0.2) is 9.67 Å². The van der Waals surface area contributed by atoms with Crippen molar-refractivity contribution in [2.24, 2.45) is 0 Å². The van der Waals surface area contributed by atoms with Gasteiger partial charge in [0, 0.05) is 30.6 Å². The van der Waals surface area contributed by atoms with Crippen molar-refractivity contribution in [3.05, 3.63) is 59.4 Å². The van der Waals surface area contributed by atoms with Gasteiger partial charge < -0.3 is 10.4 Å². The average Bonchev–Trinajstić information content (AvgIpc) is 3.12. The maximum Gasteiger partial charge on any atom is 0.157 e. The van der Waals surface area contributed by atoms with Crippen LogP contribution in [0, 0.1) is 0 Å². The van der Waals surface area contributed by atoms with Gasteiger partial charge in [-0.05, 0) is 36.6 Å². The molecule has 3 aromatic rings. The minimum atomic E-state index is -0.372. The molecule has 1 aromatic carbocycles. The van der Waals surface area contributed by atoms with Gasteiger partial charge in [0.1, 0.15) is 0 Å². The van der Waals surface area contributed by atoms with E-state index in [-0.39, 0.29) is 12.1 Å². The van der Waals surface area contributed by atoms with Crippen LogP contribution in [0.4, 0.5) is 0 Å². The highest BCUT2D eigenvalue weighted by Crippen LogP contribution is 2.31. The number of fused-ring (bicyclic) bond motifs is 2. The van der Waals surface area contributed by atoms with Crippen LogP contribution in [0.1, 0.15) is 42.6 Å². The Morgan fingerprint density at radius 1 is 1.29 bits per heavy atom. The number of rotatable bonds is 4. The third-order valence-electron chi connectivity index (χ3n) is 4.71. The van der Waals surface area contributed by atoms with E-state index in [4.69, 9.17) is 0 Å². The SMILES string of the molecule is CC(C)n1ncc2cc(CN[C@@H]3c4ccccc4C[C@@H]3O)cnc21. The first-order valence-electron chi connectivity index (χ1n) is 8.45. The number of aliphatic hydroxyl groups is 1. The average molecular weight is 322 g/mol. The topological polar surface area (TPSA) is 63.0 Å². The number of nitrogens with one attached hydrogen (secondary N) is 1. The van der Waals surface area contributed by atoms with Crippen LogP contribution in [0.25, 0.3) is 11.0 Å². The number of nitrogens with zero attached hydrogens (tertiary/aromatic N) is 3. The predicted octanol–water partition coefficient (Wildman–Crippen LogP) is 2.76. The van der Waals surface area contributed by atoms with Gasteiger partial charge in [0.15, 0.2) is 5.65 Å². The van der Waals surface area contributed by atoms with Gasteiger partial charge in [0.25, 0.3) is 0 Å². The fourth-order valence-corrected chi connectivity index (χ4v) is 3.51. The van der Waals surface area contributed by atoms with Crippen LogP contribution in [0.5, 0.6) is 0 Å². The number of hydrogen-bond acceptors (Lipinski definition) is 4. The highest BCUT2D eigenvalue weighted by atomic mass is 16.3. The van der Waals surface area contributed by atoms with Gasteiger partial charge in [0.2, 0.25) is 0 Å². The summed E-state index contributed by atoms with van der Waals surface area (Å²) in [5, 5.41) is 19.3. The smallest absolute Gasteiger partial charge is 0.157 e. The van der Waals surface area contributed by atoms with Gasteiger partial charge in [-0.1, -0.05) is 24.3 Å². The Labute approximate surface area is 141 Å². The van der Waals surface area contributed by atoms with Crippen LogP contribution in [0.15, 0.2) is 42.7 Å². The number of aromatic nitrogens is 3. The van der Waals surface area contributed by atoms with Crippen molar-refractivity contribution < 1.29 is 5.11 Å². The van der Waals surface area contributed by atoms with Crippen LogP contribution in [0.3, 0.4) is 0 Å². The maximum atomic E-state index is 10.3. The number of pyridine rings is 1. The predicted molar refractivity (Wildman–Crippen MR) is 93.6 cm³/mol. The zero-order valence-corrected chi connectivity index (χ0v) is 14.0. The maximum absolute atomic E-state index is 10.3. The second-order valence-electron chi connectivity index (χ2n) is 6.77. The zero-order valence-electron chi connectivity index (χ0n) is 14.0. The quantitative estimate of drug-likeness (QED) is 0.775. The number of benzene rings is 1. The third-order valence-corrected chi connectivity index (χ3v) is 4.71. The normalized spacial score (nSPS) is 20.0. The van der Waals surface area contributed by atoms with Crippen LogP contribution in [-0.4, -0.2) is 26.0 Å². The third kappa shape index (κ3) is 2.60. The molecular formula is C19H22N4O.